The van der Waals surface area contributed by atoms with E-state index in [1.807, 2.05) is 86.0 Å². The fraction of sp³-hybridized carbons (Fsp3) is 0.167. The van der Waals surface area contributed by atoms with Gasteiger partial charge in [0.25, 0.3) is 11.1 Å². The van der Waals surface area contributed by atoms with E-state index in [-0.39, 0.29) is 48.1 Å². The molecule has 0 spiro atoms. The number of amides is 2. The van der Waals surface area contributed by atoms with Crippen LogP contribution in [0.3, 0.4) is 0 Å². The normalized spacial score (nSPS) is 12.7. The minimum atomic E-state index is -0.358. The van der Waals surface area contributed by atoms with Gasteiger partial charge in [0.1, 0.15) is 13.1 Å². The van der Waals surface area contributed by atoms with Crippen LogP contribution >= 0.6 is 38.6 Å². The monoisotopic (exact) mass is 752 g/mol. The highest BCUT2D eigenvalue weighted by Crippen LogP contribution is 2.37. The van der Waals surface area contributed by atoms with Gasteiger partial charge in [-0.15, -0.1) is 22.7 Å². The molecule has 0 aliphatic heterocycles. The number of thiophene rings is 2. The van der Waals surface area contributed by atoms with Crippen LogP contribution in [-0.4, -0.2) is 31.4 Å². The SMILES string of the molecule is C[C@H](NC(=O)Cn1ncc2sc(-c3cccc4c([C@H](C)NC(=O)Cn5ncc6sccc6c5=O)cccc34)cc2c1=O)c1ccc(Br)cc1. The van der Waals surface area contributed by atoms with Crippen LogP contribution < -0.4 is 21.8 Å². The maximum atomic E-state index is 13.5. The van der Waals surface area contributed by atoms with E-state index >= 15 is 0 Å². The number of benzene rings is 3. The molecule has 0 aliphatic rings. The van der Waals surface area contributed by atoms with Crippen molar-refractivity contribution in [3.8, 4) is 10.4 Å². The zero-order valence-corrected chi connectivity index (χ0v) is 29.6. The van der Waals surface area contributed by atoms with E-state index < -0.39 is 0 Å². The van der Waals surface area contributed by atoms with Crippen molar-refractivity contribution in [2.24, 2.45) is 0 Å². The fourth-order valence-electron chi connectivity index (χ4n) is 5.94. The van der Waals surface area contributed by atoms with E-state index in [4.69, 9.17) is 0 Å². The molecule has 0 bridgehead atoms. The molecule has 0 saturated carbocycles. The fourth-order valence-corrected chi connectivity index (χ4v) is 8.00. The number of nitrogens with zero attached hydrogens (tertiary/aromatic N) is 4. The van der Waals surface area contributed by atoms with Gasteiger partial charge in [-0.25, -0.2) is 9.36 Å². The van der Waals surface area contributed by atoms with E-state index in [0.717, 1.165) is 46.2 Å². The summed E-state index contributed by atoms with van der Waals surface area (Å²) in [6.07, 6.45) is 3.23. The first-order valence-electron chi connectivity index (χ1n) is 15.5. The first-order valence-corrected chi connectivity index (χ1v) is 17.9. The van der Waals surface area contributed by atoms with Crippen LogP contribution in [0.1, 0.15) is 37.1 Å². The van der Waals surface area contributed by atoms with E-state index in [9.17, 15) is 19.2 Å². The predicted octanol–water partition coefficient (Wildman–Crippen LogP) is 6.57. The van der Waals surface area contributed by atoms with Crippen molar-refractivity contribution in [3.05, 3.63) is 127 Å². The molecule has 2 atom stereocenters. The smallest absolute Gasteiger partial charge is 0.275 e. The first kappa shape index (κ1) is 32.6. The minimum absolute atomic E-state index is 0.190. The highest BCUT2D eigenvalue weighted by Gasteiger charge is 2.18. The third-order valence-electron chi connectivity index (χ3n) is 8.41. The van der Waals surface area contributed by atoms with Crippen molar-refractivity contribution in [2.75, 3.05) is 0 Å². The number of carbonyl (C=O) groups is 2. The van der Waals surface area contributed by atoms with Crippen molar-refractivity contribution in [1.82, 2.24) is 30.2 Å². The molecule has 246 valence electrons. The minimum Gasteiger partial charge on any atom is -0.348 e. The van der Waals surface area contributed by atoms with Gasteiger partial charge in [0.15, 0.2) is 0 Å². The van der Waals surface area contributed by atoms with E-state index in [1.54, 1.807) is 18.5 Å². The molecular weight excluding hydrogens is 724 g/mol. The van der Waals surface area contributed by atoms with Crippen LogP contribution in [-0.2, 0) is 22.7 Å². The van der Waals surface area contributed by atoms with Gasteiger partial charge in [-0.1, -0.05) is 64.5 Å². The van der Waals surface area contributed by atoms with Crippen LogP contribution in [0.5, 0.6) is 0 Å². The number of rotatable bonds is 9. The Balaban J connectivity index is 1.11. The van der Waals surface area contributed by atoms with Crippen LogP contribution in [0.2, 0.25) is 0 Å². The summed E-state index contributed by atoms with van der Waals surface area (Å²) in [6, 6.07) is 22.6. The van der Waals surface area contributed by atoms with Gasteiger partial charge in [0.2, 0.25) is 11.8 Å². The quantitative estimate of drug-likeness (QED) is 0.172. The molecule has 2 amide bonds. The van der Waals surface area contributed by atoms with Crippen molar-refractivity contribution in [3.63, 3.8) is 0 Å². The lowest BCUT2D eigenvalue weighted by atomic mass is 9.96. The van der Waals surface area contributed by atoms with Crippen molar-refractivity contribution < 1.29 is 9.59 Å². The molecule has 10 nitrogen and oxygen atoms in total. The Morgan fingerprint density at radius 3 is 2.12 bits per heavy atom. The number of aromatic nitrogens is 4. The van der Waals surface area contributed by atoms with Gasteiger partial charge in [0.05, 0.1) is 44.6 Å². The van der Waals surface area contributed by atoms with Crippen molar-refractivity contribution in [2.45, 2.75) is 39.0 Å². The van der Waals surface area contributed by atoms with Crippen molar-refractivity contribution >= 4 is 81.4 Å². The van der Waals surface area contributed by atoms with Gasteiger partial charge in [-0.2, -0.15) is 10.2 Å². The van der Waals surface area contributed by atoms with Crippen LogP contribution in [0.4, 0.5) is 0 Å². The largest absolute Gasteiger partial charge is 0.348 e. The average Bonchev–Trinajstić information content (AvgIpc) is 3.75. The lowest BCUT2D eigenvalue weighted by Crippen LogP contribution is -2.34. The Morgan fingerprint density at radius 1 is 0.755 bits per heavy atom. The number of hydrogen-bond donors (Lipinski definition) is 2. The summed E-state index contributed by atoms with van der Waals surface area (Å²) in [4.78, 5) is 53.0. The Hall–Kier alpha value is -4.98. The summed E-state index contributed by atoms with van der Waals surface area (Å²) in [7, 11) is 0. The highest BCUT2D eigenvalue weighted by molar-refractivity contribution is 9.10. The number of fused-ring (bicyclic) bond motifs is 3. The lowest BCUT2D eigenvalue weighted by Gasteiger charge is -2.18. The lowest BCUT2D eigenvalue weighted by molar-refractivity contribution is -0.123. The zero-order chi connectivity index (χ0) is 34.2. The number of halogens is 1. The van der Waals surface area contributed by atoms with Gasteiger partial charge in [0, 0.05) is 9.35 Å². The predicted molar refractivity (Wildman–Crippen MR) is 198 cm³/mol. The summed E-state index contributed by atoms with van der Waals surface area (Å²) >= 11 is 6.31. The Morgan fingerprint density at radius 2 is 1.39 bits per heavy atom. The molecule has 0 fully saturated rings. The van der Waals surface area contributed by atoms with Gasteiger partial charge in [-0.05, 0) is 71.0 Å². The molecule has 0 aliphatic carbocycles. The van der Waals surface area contributed by atoms with Crippen LogP contribution in [0.15, 0.2) is 105 Å². The number of carbonyl (C=O) groups excluding carboxylic acids is 2. The summed E-state index contributed by atoms with van der Waals surface area (Å²) < 4.78 is 4.83. The van der Waals surface area contributed by atoms with Crippen molar-refractivity contribution in [1.29, 1.82) is 0 Å². The molecular formula is C36H29BrN6O4S2. The molecule has 0 saturated heterocycles. The standard InChI is InChI=1S/C36H29BrN6O4S2/c1-20(22-9-11-23(37)12-10-22)40-33(44)18-43-36(47)29-15-30(49-32(29)17-39-43)27-8-4-6-25-24(5-3-7-26(25)27)21(2)41-34(45)19-42-35(46)28-13-14-48-31(28)16-38-42/h3-17,20-21H,18-19H2,1-2H3,(H,40,44)(H,41,45)/t20-,21-/m0/s1. The highest BCUT2D eigenvalue weighted by atomic mass is 79.9. The van der Waals surface area contributed by atoms with E-state index in [1.165, 1.54) is 32.0 Å². The molecule has 7 aromatic rings. The second-order valence-electron chi connectivity index (χ2n) is 11.7. The van der Waals surface area contributed by atoms with Gasteiger partial charge >= 0.3 is 0 Å². The van der Waals surface area contributed by atoms with Crippen LogP contribution in [0.25, 0.3) is 41.4 Å². The Labute approximate surface area is 296 Å². The second-order valence-corrected chi connectivity index (χ2v) is 14.6. The van der Waals surface area contributed by atoms with Gasteiger partial charge < -0.3 is 10.6 Å². The molecule has 2 N–H and O–H groups in total. The van der Waals surface area contributed by atoms with E-state index in [2.05, 4.69) is 36.8 Å². The summed E-state index contributed by atoms with van der Waals surface area (Å²) in [6.45, 7) is 3.41. The van der Waals surface area contributed by atoms with E-state index in [0.29, 0.717) is 10.8 Å². The molecule has 49 heavy (non-hydrogen) atoms. The number of nitrogens with one attached hydrogen (secondary N) is 2. The summed E-state index contributed by atoms with van der Waals surface area (Å²) in [5.74, 6) is -0.635. The zero-order valence-electron chi connectivity index (χ0n) is 26.3. The maximum absolute atomic E-state index is 13.5. The molecule has 4 aromatic heterocycles. The topological polar surface area (TPSA) is 128 Å². The summed E-state index contributed by atoms with van der Waals surface area (Å²) in [5.41, 5.74) is 2.17. The second kappa shape index (κ2) is 13.5. The molecule has 4 heterocycles. The van der Waals surface area contributed by atoms with Gasteiger partial charge in [-0.3, -0.25) is 19.2 Å². The third kappa shape index (κ3) is 6.56. The Bertz CT molecular complexity index is 2500. The van der Waals surface area contributed by atoms with Crippen LogP contribution in [0, 0.1) is 0 Å². The molecule has 7 rings (SSSR count). The first-order chi connectivity index (χ1) is 23.7. The molecule has 3 aromatic carbocycles. The third-order valence-corrected chi connectivity index (χ3v) is 10.9. The number of hydrogen-bond acceptors (Lipinski definition) is 8. The molecule has 0 unspecified atom stereocenters. The Kier molecular flexibility index (Phi) is 8.97. The maximum Gasteiger partial charge on any atom is 0.275 e. The average molecular weight is 754 g/mol. The molecule has 13 heteroatoms. The summed E-state index contributed by atoms with van der Waals surface area (Å²) in [5, 5.41) is 19.2. The molecule has 0 radical (unpaired) electrons.